The summed E-state index contributed by atoms with van der Waals surface area (Å²) in [5, 5.41) is 23.1. The lowest BCUT2D eigenvalue weighted by Gasteiger charge is -2.07. The second-order valence-corrected chi connectivity index (χ2v) is 4.85. The SMILES string of the molecule is N#Cc1ccc(CNCc2ccc([N+](=O)[O-])cc2)c(Cl)c1. The fourth-order valence-corrected chi connectivity index (χ4v) is 2.08. The summed E-state index contributed by atoms with van der Waals surface area (Å²) in [4.78, 5) is 10.1. The maximum Gasteiger partial charge on any atom is 0.269 e. The Hall–Kier alpha value is -2.42. The highest BCUT2D eigenvalue weighted by Gasteiger charge is 2.04. The first-order chi connectivity index (χ1) is 10.1. The quantitative estimate of drug-likeness (QED) is 0.678. The third-order valence-corrected chi connectivity index (χ3v) is 3.33. The molecule has 0 fully saturated rings. The normalized spacial score (nSPS) is 10.1. The number of nitriles is 1. The number of hydrogen-bond donors (Lipinski definition) is 1. The average Bonchev–Trinajstić information content (AvgIpc) is 2.49. The standard InChI is InChI=1S/C15H12ClN3O2/c16-15-7-12(8-17)1-4-13(15)10-18-9-11-2-5-14(6-3-11)19(20)21/h1-7,18H,9-10H2. The third-order valence-electron chi connectivity index (χ3n) is 2.97. The topological polar surface area (TPSA) is 79.0 Å². The van der Waals surface area contributed by atoms with Crippen LogP contribution >= 0.6 is 11.6 Å². The molecule has 0 aromatic heterocycles. The van der Waals surface area contributed by atoms with Gasteiger partial charge in [0.15, 0.2) is 0 Å². The molecule has 2 aromatic carbocycles. The minimum Gasteiger partial charge on any atom is -0.309 e. The summed E-state index contributed by atoms with van der Waals surface area (Å²) in [6.07, 6.45) is 0. The molecule has 1 N–H and O–H groups in total. The van der Waals surface area contributed by atoms with E-state index in [1.54, 1.807) is 24.3 Å². The monoisotopic (exact) mass is 301 g/mol. The number of nitro groups is 1. The van der Waals surface area contributed by atoms with Crippen molar-refractivity contribution in [2.75, 3.05) is 0 Å². The number of halogens is 1. The predicted octanol–water partition coefficient (Wildman–Crippen LogP) is 3.41. The van der Waals surface area contributed by atoms with E-state index < -0.39 is 4.92 Å². The van der Waals surface area contributed by atoms with Crippen molar-refractivity contribution in [2.24, 2.45) is 0 Å². The summed E-state index contributed by atoms with van der Waals surface area (Å²) in [5.41, 5.74) is 2.45. The first-order valence-electron chi connectivity index (χ1n) is 6.22. The van der Waals surface area contributed by atoms with Crippen molar-refractivity contribution in [3.05, 3.63) is 74.3 Å². The van der Waals surface area contributed by atoms with Crippen molar-refractivity contribution >= 4 is 17.3 Å². The largest absolute Gasteiger partial charge is 0.309 e. The smallest absolute Gasteiger partial charge is 0.269 e. The van der Waals surface area contributed by atoms with E-state index in [2.05, 4.69) is 5.32 Å². The number of rotatable bonds is 5. The Morgan fingerprint density at radius 3 is 2.48 bits per heavy atom. The van der Waals surface area contributed by atoms with Crippen LogP contribution in [0.2, 0.25) is 5.02 Å². The Morgan fingerprint density at radius 1 is 1.19 bits per heavy atom. The van der Waals surface area contributed by atoms with Gasteiger partial charge in [0.25, 0.3) is 5.69 Å². The number of nitro benzene ring substituents is 1. The van der Waals surface area contributed by atoms with Crippen molar-refractivity contribution in [1.82, 2.24) is 5.32 Å². The fraction of sp³-hybridized carbons (Fsp3) is 0.133. The highest BCUT2D eigenvalue weighted by molar-refractivity contribution is 6.31. The van der Waals surface area contributed by atoms with Gasteiger partial charge >= 0.3 is 0 Å². The average molecular weight is 302 g/mol. The molecule has 0 atom stereocenters. The number of nitrogens with zero attached hydrogens (tertiary/aromatic N) is 2. The molecule has 0 saturated carbocycles. The molecule has 2 rings (SSSR count). The summed E-state index contributed by atoms with van der Waals surface area (Å²) >= 11 is 6.08. The van der Waals surface area contributed by atoms with Crippen molar-refractivity contribution in [3.8, 4) is 6.07 Å². The number of benzene rings is 2. The molecular formula is C15H12ClN3O2. The van der Waals surface area contributed by atoms with Crippen LogP contribution in [-0.2, 0) is 13.1 Å². The van der Waals surface area contributed by atoms with Crippen LogP contribution in [0.4, 0.5) is 5.69 Å². The summed E-state index contributed by atoms with van der Waals surface area (Å²) in [5.74, 6) is 0. The highest BCUT2D eigenvalue weighted by atomic mass is 35.5. The van der Waals surface area contributed by atoms with Gasteiger partial charge in [0.05, 0.1) is 16.6 Å². The molecule has 0 spiro atoms. The van der Waals surface area contributed by atoms with Gasteiger partial charge in [-0.3, -0.25) is 10.1 Å². The van der Waals surface area contributed by atoms with Gasteiger partial charge < -0.3 is 5.32 Å². The van der Waals surface area contributed by atoms with Gasteiger partial charge in [-0.05, 0) is 23.3 Å². The van der Waals surface area contributed by atoms with Gasteiger partial charge in [-0.15, -0.1) is 0 Å². The molecule has 0 unspecified atom stereocenters. The Kier molecular flexibility index (Phi) is 4.88. The second kappa shape index (κ2) is 6.84. The van der Waals surface area contributed by atoms with E-state index in [9.17, 15) is 10.1 Å². The van der Waals surface area contributed by atoms with Crippen LogP contribution in [0.25, 0.3) is 0 Å². The summed E-state index contributed by atoms with van der Waals surface area (Å²) in [7, 11) is 0. The van der Waals surface area contributed by atoms with E-state index in [-0.39, 0.29) is 5.69 Å². The van der Waals surface area contributed by atoms with Crippen LogP contribution < -0.4 is 5.32 Å². The summed E-state index contributed by atoms with van der Waals surface area (Å²) in [6.45, 7) is 1.13. The predicted molar refractivity (Wildman–Crippen MR) is 79.8 cm³/mol. The lowest BCUT2D eigenvalue weighted by molar-refractivity contribution is -0.384. The highest BCUT2D eigenvalue weighted by Crippen LogP contribution is 2.18. The first kappa shape index (κ1) is 15.0. The second-order valence-electron chi connectivity index (χ2n) is 4.45. The lowest BCUT2D eigenvalue weighted by atomic mass is 10.1. The molecule has 0 aliphatic heterocycles. The van der Waals surface area contributed by atoms with E-state index in [4.69, 9.17) is 16.9 Å². The van der Waals surface area contributed by atoms with Crippen LogP contribution in [0.15, 0.2) is 42.5 Å². The van der Waals surface area contributed by atoms with Crippen molar-refractivity contribution in [2.45, 2.75) is 13.1 Å². The molecule has 0 heterocycles. The van der Waals surface area contributed by atoms with Crippen LogP contribution in [-0.4, -0.2) is 4.92 Å². The van der Waals surface area contributed by atoms with Gasteiger partial charge in [0.1, 0.15) is 0 Å². The zero-order chi connectivity index (χ0) is 15.2. The summed E-state index contributed by atoms with van der Waals surface area (Å²) in [6, 6.07) is 13.6. The Morgan fingerprint density at radius 2 is 1.90 bits per heavy atom. The molecule has 0 bridgehead atoms. The minimum atomic E-state index is -0.423. The van der Waals surface area contributed by atoms with Gasteiger partial charge in [-0.25, -0.2) is 0 Å². The Labute approximate surface area is 126 Å². The molecule has 0 aliphatic rings. The lowest BCUT2D eigenvalue weighted by Crippen LogP contribution is -2.13. The van der Waals surface area contributed by atoms with E-state index >= 15 is 0 Å². The molecule has 0 saturated heterocycles. The summed E-state index contributed by atoms with van der Waals surface area (Å²) < 4.78 is 0. The molecule has 106 valence electrons. The van der Waals surface area contributed by atoms with Crippen molar-refractivity contribution < 1.29 is 4.92 Å². The van der Waals surface area contributed by atoms with Crippen LogP contribution in [0.5, 0.6) is 0 Å². The van der Waals surface area contributed by atoms with E-state index in [1.165, 1.54) is 12.1 Å². The van der Waals surface area contributed by atoms with Gasteiger partial charge in [-0.1, -0.05) is 29.8 Å². The molecule has 5 nitrogen and oxygen atoms in total. The van der Waals surface area contributed by atoms with E-state index in [0.717, 1.165) is 11.1 Å². The number of nitrogens with one attached hydrogen (secondary N) is 1. The molecule has 0 aliphatic carbocycles. The van der Waals surface area contributed by atoms with Gasteiger partial charge in [0, 0.05) is 30.2 Å². The van der Waals surface area contributed by atoms with Crippen molar-refractivity contribution in [3.63, 3.8) is 0 Å². The molecule has 21 heavy (non-hydrogen) atoms. The van der Waals surface area contributed by atoms with Crippen LogP contribution in [0, 0.1) is 21.4 Å². The van der Waals surface area contributed by atoms with Crippen LogP contribution in [0.3, 0.4) is 0 Å². The zero-order valence-electron chi connectivity index (χ0n) is 11.0. The maximum absolute atomic E-state index is 10.6. The van der Waals surface area contributed by atoms with Gasteiger partial charge in [-0.2, -0.15) is 5.26 Å². The number of hydrogen-bond acceptors (Lipinski definition) is 4. The molecule has 0 amide bonds. The third kappa shape index (κ3) is 4.02. The zero-order valence-corrected chi connectivity index (χ0v) is 11.8. The maximum atomic E-state index is 10.6. The van der Waals surface area contributed by atoms with Crippen molar-refractivity contribution in [1.29, 1.82) is 5.26 Å². The Balaban J connectivity index is 1.92. The van der Waals surface area contributed by atoms with E-state index in [1.807, 2.05) is 12.1 Å². The van der Waals surface area contributed by atoms with E-state index in [0.29, 0.717) is 23.7 Å². The minimum absolute atomic E-state index is 0.0777. The number of non-ortho nitro benzene ring substituents is 1. The molecular weight excluding hydrogens is 290 g/mol. The van der Waals surface area contributed by atoms with Gasteiger partial charge in [0.2, 0.25) is 0 Å². The molecule has 6 heteroatoms. The first-order valence-corrected chi connectivity index (χ1v) is 6.60. The fourth-order valence-electron chi connectivity index (χ4n) is 1.84. The Bertz CT molecular complexity index is 693. The molecule has 0 radical (unpaired) electrons. The van der Waals surface area contributed by atoms with Crippen LogP contribution in [0.1, 0.15) is 16.7 Å². The molecule has 2 aromatic rings.